The van der Waals surface area contributed by atoms with Crippen molar-refractivity contribution in [2.75, 3.05) is 52.5 Å². The van der Waals surface area contributed by atoms with Gasteiger partial charge in [-0.15, -0.1) is 24.0 Å². The molecule has 1 aliphatic heterocycles. The highest BCUT2D eigenvalue weighted by atomic mass is 127. The number of aliphatic hydroxyl groups is 1. The standard InChI is InChI=1S/C23H40N4O3.HI/c1-4-24-23(25-11-6-12-27-13-9-21(28)10-14-27)26-18-20-8-7-19(3)17-22(20)30-16-15-29-5-2;/h7-8,17,21,28H,4-6,9-16,18H2,1-3H3,(H2,24,25,26);1H. The minimum Gasteiger partial charge on any atom is -0.491 e. The predicted molar refractivity (Wildman–Crippen MR) is 138 cm³/mol. The van der Waals surface area contributed by atoms with Crippen LogP contribution >= 0.6 is 24.0 Å². The van der Waals surface area contributed by atoms with Gasteiger partial charge in [0, 0.05) is 38.3 Å². The van der Waals surface area contributed by atoms with Crippen molar-refractivity contribution >= 4 is 29.9 Å². The third kappa shape index (κ3) is 11.4. The van der Waals surface area contributed by atoms with Crippen LogP contribution in [0, 0.1) is 6.92 Å². The van der Waals surface area contributed by atoms with Crippen LogP contribution in [0.25, 0.3) is 0 Å². The van der Waals surface area contributed by atoms with E-state index in [1.54, 1.807) is 0 Å². The molecule has 0 unspecified atom stereocenters. The Morgan fingerprint density at radius 1 is 1.19 bits per heavy atom. The van der Waals surface area contributed by atoms with Gasteiger partial charge in [-0.2, -0.15) is 0 Å². The Labute approximate surface area is 205 Å². The smallest absolute Gasteiger partial charge is 0.191 e. The Balaban J connectivity index is 0.00000480. The van der Waals surface area contributed by atoms with Crippen LogP contribution in [-0.2, 0) is 11.3 Å². The van der Waals surface area contributed by atoms with Crippen molar-refractivity contribution in [3.05, 3.63) is 29.3 Å². The first kappa shape index (κ1) is 27.9. The number of aliphatic hydroxyl groups excluding tert-OH is 1. The molecule has 0 atom stereocenters. The van der Waals surface area contributed by atoms with Crippen LogP contribution < -0.4 is 15.4 Å². The zero-order valence-corrected chi connectivity index (χ0v) is 21.7. The fourth-order valence-electron chi connectivity index (χ4n) is 3.44. The normalized spacial score (nSPS) is 15.4. The summed E-state index contributed by atoms with van der Waals surface area (Å²) in [6, 6.07) is 6.24. The Bertz CT molecular complexity index is 637. The molecule has 1 heterocycles. The number of nitrogens with zero attached hydrogens (tertiary/aromatic N) is 2. The minimum atomic E-state index is -0.110. The van der Waals surface area contributed by atoms with Crippen LogP contribution in [0.1, 0.15) is 44.2 Å². The molecule has 0 bridgehead atoms. The fourth-order valence-corrected chi connectivity index (χ4v) is 3.44. The number of piperidine rings is 1. The molecule has 0 amide bonds. The quantitative estimate of drug-likeness (QED) is 0.162. The van der Waals surface area contributed by atoms with Crippen molar-refractivity contribution in [2.24, 2.45) is 4.99 Å². The van der Waals surface area contributed by atoms with E-state index in [4.69, 9.17) is 14.5 Å². The van der Waals surface area contributed by atoms with Gasteiger partial charge in [-0.05, 0) is 58.2 Å². The van der Waals surface area contributed by atoms with Gasteiger partial charge in [0.05, 0.1) is 19.3 Å². The molecular formula is C23H41IN4O3. The molecule has 1 aliphatic rings. The number of ether oxygens (including phenoxy) is 2. The Kier molecular flexibility index (Phi) is 14.9. The first-order valence-electron chi connectivity index (χ1n) is 11.3. The average Bonchev–Trinajstić information content (AvgIpc) is 2.74. The maximum atomic E-state index is 9.61. The number of likely N-dealkylation sites (tertiary alicyclic amines) is 1. The van der Waals surface area contributed by atoms with Gasteiger partial charge in [0.1, 0.15) is 12.4 Å². The molecule has 1 aromatic rings. The molecule has 0 radical (unpaired) electrons. The average molecular weight is 549 g/mol. The molecule has 31 heavy (non-hydrogen) atoms. The van der Waals surface area contributed by atoms with Crippen molar-refractivity contribution in [2.45, 2.75) is 52.7 Å². The van der Waals surface area contributed by atoms with E-state index in [1.807, 2.05) is 6.92 Å². The summed E-state index contributed by atoms with van der Waals surface area (Å²) in [5, 5.41) is 16.4. The molecule has 178 valence electrons. The summed E-state index contributed by atoms with van der Waals surface area (Å²) in [4.78, 5) is 7.18. The van der Waals surface area contributed by atoms with E-state index in [0.29, 0.717) is 26.4 Å². The van der Waals surface area contributed by atoms with E-state index >= 15 is 0 Å². The lowest BCUT2D eigenvalue weighted by Gasteiger charge is -2.29. The van der Waals surface area contributed by atoms with Gasteiger partial charge in [-0.1, -0.05) is 12.1 Å². The molecule has 0 spiro atoms. The van der Waals surface area contributed by atoms with Gasteiger partial charge in [0.2, 0.25) is 0 Å². The largest absolute Gasteiger partial charge is 0.491 e. The number of rotatable bonds is 12. The van der Waals surface area contributed by atoms with Crippen molar-refractivity contribution < 1.29 is 14.6 Å². The Morgan fingerprint density at radius 3 is 2.68 bits per heavy atom. The lowest BCUT2D eigenvalue weighted by Crippen LogP contribution is -2.40. The second-order valence-electron chi connectivity index (χ2n) is 7.70. The van der Waals surface area contributed by atoms with E-state index in [1.165, 1.54) is 5.56 Å². The predicted octanol–water partition coefficient (Wildman–Crippen LogP) is 2.93. The van der Waals surface area contributed by atoms with Crippen LogP contribution in [0.2, 0.25) is 0 Å². The summed E-state index contributed by atoms with van der Waals surface area (Å²) in [5.74, 6) is 1.70. The second-order valence-corrected chi connectivity index (χ2v) is 7.70. The SMILES string of the molecule is CCNC(=NCc1ccc(C)cc1OCCOCC)NCCCN1CCC(O)CC1.I. The lowest BCUT2D eigenvalue weighted by molar-refractivity contribution is 0.0823. The summed E-state index contributed by atoms with van der Waals surface area (Å²) in [6.45, 7) is 13.2. The molecule has 0 saturated carbocycles. The molecule has 0 aliphatic carbocycles. The molecule has 0 aromatic heterocycles. The Hall–Kier alpha value is -1.10. The van der Waals surface area contributed by atoms with Gasteiger partial charge in [0.15, 0.2) is 5.96 Å². The van der Waals surface area contributed by atoms with Gasteiger partial charge in [-0.3, -0.25) is 0 Å². The van der Waals surface area contributed by atoms with Gasteiger partial charge < -0.3 is 30.1 Å². The number of aryl methyl sites for hydroxylation is 1. The molecule has 2 rings (SSSR count). The molecule has 3 N–H and O–H groups in total. The second kappa shape index (κ2) is 16.5. The molecule has 7 nitrogen and oxygen atoms in total. The van der Waals surface area contributed by atoms with E-state index in [0.717, 1.165) is 69.3 Å². The molecule has 1 saturated heterocycles. The highest BCUT2D eigenvalue weighted by molar-refractivity contribution is 14.0. The van der Waals surface area contributed by atoms with Crippen LogP contribution in [0.15, 0.2) is 23.2 Å². The Morgan fingerprint density at radius 2 is 1.97 bits per heavy atom. The van der Waals surface area contributed by atoms with Crippen LogP contribution in [0.4, 0.5) is 0 Å². The zero-order valence-electron chi connectivity index (χ0n) is 19.4. The van der Waals surface area contributed by atoms with Crippen LogP contribution in [-0.4, -0.2) is 74.6 Å². The summed E-state index contributed by atoms with van der Waals surface area (Å²) in [5.41, 5.74) is 2.24. The van der Waals surface area contributed by atoms with Gasteiger partial charge in [0.25, 0.3) is 0 Å². The minimum absolute atomic E-state index is 0. The summed E-state index contributed by atoms with van der Waals surface area (Å²) < 4.78 is 11.3. The number of hydrogen-bond acceptors (Lipinski definition) is 5. The fraction of sp³-hybridized carbons (Fsp3) is 0.696. The number of hydrogen-bond donors (Lipinski definition) is 3. The van der Waals surface area contributed by atoms with E-state index < -0.39 is 0 Å². The third-order valence-corrected chi connectivity index (χ3v) is 5.16. The van der Waals surface area contributed by atoms with Gasteiger partial charge >= 0.3 is 0 Å². The maximum absolute atomic E-state index is 9.61. The highest BCUT2D eigenvalue weighted by Gasteiger charge is 2.16. The first-order chi connectivity index (χ1) is 14.6. The molecule has 1 fully saturated rings. The highest BCUT2D eigenvalue weighted by Crippen LogP contribution is 2.21. The van der Waals surface area contributed by atoms with E-state index in [9.17, 15) is 5.11 Å². The molecular weight excluding hydrogens is 507 g/mol. The number of aliphatic imine (C=N–C) groups is 1. The number of benzene rings is 1. The number of halogens is 1. The van der Waals surface area contributed by atoms with E-state index in [2.05, 4.69) is 47.6 Å². The topological polar surface area (TPSA) is 78.4 Å². The summed E-state index contributed by atoms with van der Waals surface area (Å²) >= 11 is 0. The van der Waals surface area contributed by atoms with Crippen molar-refractivity contribution in [1.82, 2.24) is 15.5 Å². The lowest BCUT2D eigenvalue weighted by atomic mass is 10.1. The molecule has 1 aromatic carbocycles. The summed E-state index contributed by atoms with van der Waals surface area (Å²) in [7, 11) is 0. The zero-order chi connectivity index (χ0) is 21.6. The monoisotopic (exact) mass is 548 g/mol. The first-order valence-corrected chi connectivity index (χ1v) is 11.3. The maximum Gasteiger partial charge on any atom is 0.191 e. The molecule has 8 heteroatoms. The van der Waals surface area contributed by atoms with Crippen molar-refractivity contribution in [3.63, 3.8) is 0 Å². The third-order valence-electron chi connectivity index (χ3n) is 5.16. The van der Waals surface area contributed by atoms with Crippen LogP contribution in [0.5, 0.6) is 5.75 Å². The van der Waals surface area contributed by atoms with Crippen LogP contribution in [0.3, 0.4) is 0 Å². The van der Waals surface area contributed by atoms with E-state index in [-0.39, 0.29) is 30.1 Å². The number of guanidine groups is 1. The van der Waals surface area contributed by atoms with Crippen molar-refractivity contribution in [1.29, 1.82) is 0 Å². The number of nitrogens with one attached hydrogen (secondary N) is 2. The van der Waals surface area contributed by atoms with Gasteiger partial charge in [-0.25, -0.2) is 4.99 Å². The van der Waals surface area contributed by atoms with Crippen molar-refractivity contribution in [3.8, 4) is 5.75 Å². The summed E-state index contributed by atoms with van der Waals surface area (Å²) in [6.07, 6.45) is 2.73.